The predicted molar refractivity (Wildman–Crippen MR) is 121 cm³/mol. The number of benzene rings is 1. The number of nitrogens with zero attached hydrogens (tertiary/aromatic N) is 4. The van der Waals surface area contributed by atoms with E-state index in [0.717, 1.165) is 17.3 Å². The van der Waals surface area contributed by atoms with Crippen molar-refractivity contribution in [3.05, 3.63) is 54.2 Å². The molecule has 2 heterocycles. The summed E-state index contributed by atoms with van der Waals surface area (Å²) in [5.41, 5.74) is 1.36. The van der Waals surface area contributed by atoms with Gasteiger partial charge in [-0.15, -0.1) is 10.2 Å². The molecule has 2 N–H and O–H groups in total. The summed E-state index contributed by atoms with van der Waals surface area (Å²) in [5, 5.41) is 13.2. The first-order chi connectivity index (χ1) is 15.3. The Morgan fingerprint density at radius 2 is 1.78 bits per heavy atom. The van der Waals surface area contributed by atoms with E-state index >= 15 is 0 Å². The number of sulfonamides is 1. The van der Waals surface area contributed by atoms with E-state index in [0.29, 0.717) is 30.4 Å². The summed E-state index contributed by atoms with van der Waals surface area (Å²) in [6, 6.07) is 11.8. The molecule has 3 amide bonds. The molecule has 0 saturated carbocycles. The standard InChI is InChI=1S/C20H24N6O4S2/c1-3-25(4-2)32(29,30)16-10-11-17-23-24-20(26(17)13-16)31-14-18(27)22-19(28)21-12-15-8-6-5-7-9-15/h5-11,13H,3-4,12,14H2,1-2H3,(H2,21,22,27,28). The van der Waals surface area contributed by atoms with Crippen LogP contribution in [0.15, 0.2) is 58.7 Å². The van der Waals surface area contributed by atoms with Crippen LogP contribution in [0.1, 0.15) is 19.4 Å². The minimum absolute atomic E-state index is 0.0907. The number of imide groups is 1. The van der Waals surface area contributed by atoms with Gasteiger partial charge in [-0.25, -0.2) is 13.2 Å². The van der Waals surface area contributed by atoms with Gasteiger partial charge in [0, 0.05) is 25.8 Å². The lowest BCUT2D eigenvalue weighted by Gasteiger charge is -2.18. The second-order valence-corrected chi connectivity index (χ2v) is 9.55. The molecule has 12 heteroatoms. The van der Waals surface area contributed by atoms with Crippen LogP contribution >= 0.6 is 11.8 Å². The molecule has 3 rings (SSSR count). The van der Waals surface area contributed by atoms with Crippen molar-refractivity contribution in [3.8, 4) is 0 Å². The topological polar surface area (TPSA) is 126 Å². The summed E-state index contributed by atoms with van der Waals surface area (Å²) >= 11 is 1.05. The summed E-state index contributed by atoms with van der Waals surface area (Å²) < 4.78 is 28.4. The molecule has 0 saturated heterocycles. The van der Waals surface area contributed by atoms with Crippen molar-refractivity contribution in [2.45, 2.75) is 30.4 Å². The van der Waals surface area contributed by atoms with Crippen molar-refractivity contribution in [3.63, 3.8) is 0 Å². The maximum atomic E-state index is 12.8. The van der Waals surface area contributed by atoms with Gasteiger partial charge in [0.25, 0.3) is 0 Å². The van der Waals surface area contributed by atoms with Crippen LogP contribution in [0.2, 0.25) is 0 Å². The second-order valence-electron chi connectivity index (χ2n) is 6.67. The normalized spacial score (nSPS) is 11.6. The van der Waals surface area contributed by atoms with Gasteiger partial charge in [-0.2, -0.15) is 4.31 Å². The van der Waals surface area contributed by atoms with Gasteiger partial charge in [-0.3, -0.25) is 14.5 Å². The number of carbonyl (C=O) groups is 2. The number of aromatic nitrogens is 3. The Hall–Kier alpha value is -2.96. The zero-order valence-electron chi connectivity index (χ0n) is 17.7. The number of thioether (sulfide) groups is 1. The van der Waals surface area contributed by atoms with Gasteiger partial charge in [-0.05, 0) is 17.7 Å². The zero-order valence-corrected chi connectivity index (χ0v) is 19.3. The third-order valence-electron chi connectivity index (χ3n) is 4.57. The van der Waals surface area contributed by atoms with Gasteiger partial charge in [0.2, 0.25) is 15.9 Å². The van der Waals surface area contributed by atoms with Crippen LogP contribution < -0.4 is 10.6 Å². The Kier molecular flexibility index (Phi) is 7.83. The third kappa shape index (κ3) is 5.64. The van der Waals surface area contributed by atoms with Crippen LogP contribution in [0.5, 0.6) is 0 Å². The number of nitrogens with one attached hydrogen (secondary N) is 2. The van der Waals surface area contributed by atoms with E-state index in [9.17, 15) is 18.0 Å². The molecule has 2 aromatic heterocycles. The highest BCUT2D eigenvalue weighted by Crippen LogP contribution is 2.21. The largest absolute Gasteiger partial charge is 0.334 e. The molecule has 0 unspecified atom stereocenters. The van der Waals surface area contributed by atoms with Gasteiger partial charge < -0.3 is 5.32 Å². The van der Waals surface area contributed by atoms with E-state index in [1.54, 1.807) is 19.9 Å². The fourth-order valence-corrected chi connectivity index (χ4v) is 5.10. The maximum absolute atomic E-state index is 12.8. The number of urea groups is 1. The van der Waals surface area contributed by atoms with Gasteiger partial charge in [0.05, 0.1) is 10.6 Å². The monoisotopic (exact) mass is 476 g/mol. The fraction of sp³-hybridized carbons (Fsp3) is 0.300. The van der Waals surface area contributed by atoms with Crippen LogP contribution in [0.4, 0.5) is 4.79 Å². The summed E-state index contributed by atoms with van der Waals surface area (Å²) in [5.74, 6) is -0.601. The van der Waals surface area contributed by atoms with Gasteiger partial charge in [0.1, 0.15) is 0 Å². The number of fused-ring (bicyclic) bond motifs is 1. The van der Waals surface area contributed by atoms with Crippen LogP contribution in [0.3, 0.4) is 0 Å². The number of hydrogen-bond donors (Lipinski definition) is 2. The van der Waals surface area contributed by atoms with Crippen molar-refractivity contribution < 1.29 is 18.0 Å². The van der Waals surface area contributed by atoms with E-state index < -0.39 is 22.0 Å². The van der Waals surface area contributed by atoms with Gasteiger partial charge in [-0.1, -0.05) is 55.9 Å². The highest BCUT2D eigenvalue weighted by Gasteiger charge is 2.23. The quantitative estimate of drug-likeness (QED) is 0.452. The van der Waals surface area contributed by atoms with E-state index in [1.807, 2.05) is 30.3 Å². The molecule has 0 atom stereocenters. The average molecular weight is 477 g/mol. The molecule has 0 spiro atoms. The molecular weight excluding hydrogens is 452 g/mol. The van der Waals surface area contributed by atoms with Crippen LogP contribution in [0.25, 0.3) is 5.65 Å². The fourth-order valence-electron chi connectivity index (χ4n) is 2.93. The predicted octanol–water partition coefficient (Wildman–Crippen LogP) is 1.88. The molecule has 3 aromatic rings. The Labute approximate surface area is 190 Å². The Bertz CT molecular complexity index is 1190. The van der Waals surface area contributed by atoms with E-state index in [-0.39, 0.29) is 10.6 Å². The van der Waals surface area contributed by atoms with E-state index in [2.05, 4.69) is 20.8 Å². The highest BCUT2D eigenvalue weighted by atomic mass is 32.2. The van der Waals surface area contributed by atoms with Gasteiger partial charge >= 0.3 is 6.03 Å². The van der Waals surface area contributed by atoms with Crippen LogP contribution in [-0.4, -0.2) is 58.1 Å². The van der Waals surface area contributed by atoms with E-state index in [1.165, 1.54) is 21.0 Å². The summed E-state index contributed by atoms with van der Waals surface area (Å²) in [7, 11) is -3.65. The average Bonchev–Trinajstić information content (AvgIpc) is 3.20. The summed E-state index contributed by atoms with van der Waals surface area (Å²) in [4.78, 5) is 24.2. The summed E-state index contributed by atoms with van der Waals surface area (Å²) in [6.07, 6.45) is 1.44. The maximum Gasteiger partial charge on any atom is 0.321 e. The second kappa shape index (κ2) is 10.6. The third-order valence-corrected chi connectivity index (χ3v) is 7.54. The zero-order chi connectivity index (χ0) is 23.1. The number of pyridine rings is 1. The molecule has 0 aliphatic rings. The molecule has 0 aliphatic heterocycles. The van der Waals surface area contributed by atoms with Crippen LogP contribution in [0, 0.1) is 0 Å². The smallest absolute Gasteiger partial charge is 0.321 e. The summed E-state index contributed by atoms with van der Waals surface area (Å²) in [6.45, 7) is 4.55. The molecule has 1 aromatic carbocycles. The lowest BCUT2D eigenvalue weighted by atomic mass is 10.2. The van der Waals surface area contributed by atoms with Crippen molar-refractivity contribution in [2.75, 3.05) is 18.8 Å². The molecule has 10 nitrogen and oxygen atoms in total. The Balaban J connectivity index is 1.62. The molecule has 32 heavy (non-hydrogen) atoms. The number of carbonyl (C=O) groups excluding carboxylic acids is 2. The minimum atomic E-state index is -3.65. The van der Waals surface area contributed by atoms with Gasteiger partial charge in [0.15, 0.2) is 10.8 Å². The van der Waals surface area contributed by atoms with E-state index in [4.69, 9.17) is 0 Å². The first kappa shape index (κ1) is 23.7. The Morgan fingerprint density at radius 3 is 2.47 bits per heavy atom. The minimum Gasteiger partial charge on any atom is -0.334 e. The van der Waals surface area contributed by atoms with Crippen molar-refractivity contribution in [2.24, 2.45) is 0 Å². The van der Waals surface area contributed by atoms with Crippen molar-refractivity contribution >= 4 is 39.4 Å². The number of rotatable bonds is 9. The molecule has 0 bridgehead atoms. The molecule has 0 fully saturated rings. The number of amides is 3. The molecular formula is C20H24N6O4S2. The molecule has 0 radical (unpaired) electrons. The number of hydrogen-bond acceptors (Lipinski definition) is 7. The lowest BCUT2D eigenvalue weighted by Crippen LogP contribution is -2.39. The first-order valence-electron chi connectivity index (χ1n) is 9.94. The SMILES string of the molecule is CCN(CC)S(=O)(=O)c1ccc2nnc(SCC(=O)NC(=O)NCc3ccccc3)n2c1. The first-order valence-corrected chi connectivity index (χ1v) is 12.4. The molecule has 170 valence electrons. The highest BCUT2D eigenvalue weighted by molar-refractivity contribution is 7.99. The molecule has 0 aliphatic carbocycles. The van der Waals surface area contributed by atoms with Crippen molar-refractivity contribution in [1.29, 1.82) is 0 Å². The Morgan fingerprint density at radius 1 is 1.06 bits per heavy atom. The van der Waals surface area contributed by atoms with Crippen molar-refractivity contribution in [1.82, 2.24) is 29.5 Å². The van der Waals surface area contributed by atoms with Crippen LogP contribution in [-0.2, 0) is 21.4 Å². The lowest BCUT2D eigenvalue weighted by molar-refractivity contribution is -0.117.